The number of anilines is 3. The maximum atomic E-state index is 13.3. The molecule has 0 bridgehead atoms. The number of rotatable bonds is 17. The van der Waals surface area contributed by atoms with Crippen molar-refractivity contribution in [2.24, 2.45) is 5.92 Å². The molecule has 5 aromatic rings. The molecule has 0 radical (unpaired) electrons. The van der Waals surface area contributed by atoms with Crippen LogP contribution in [0.3, 0.4) is 0 Å². The maximum Gasteiger partial charge on any atom is 0.275 e. The molecule has 8 N–H and O–H groups in total. The standard InChI is InChI=1S/C24H35N5O4.C24H28N4O4S/c1-15-10-19(11-17-6-4-3-5-7-17)23(27-13-22(31)32)24(33)29(15)14-21(30)26-12-18-8-9-20(25)28-16(18)2;1-16-10-11-20(18(3)26-16)14-25-22(29)15-28-17(2)12-21(13-19-8-6-5-7-9-19)23(24(28)30)27-33(4,31)32/h8-10,17,22,27,31-32H,3-7,11-14H2,1-2H3,(H2,25,28)(H,26,30);5-12,27H,13-15H2,1-4H3,(H,25,29). The van der Waals surface area contributed by atoms with Gasteiger partial charge in [-0.1, -0.05) is 74.6 Å². The number of aromatic nitrogens is 4. The molecule has 17 nitrogen and oxygen atoms in total. The first-order chi connectivity index (χ1) is 31.3. The Hall–Kier alpha value is -6.37. The van der Waals surface area contributed by atoms with Crippen LogP contribution in [0, 0.1) is 40.5 Å². The second-order valence-corrected chi connectivity index (χ2v) is 18.7. The van der Waals surface area contributed by atoms with Crippen molar-refractivity contribution in [2.75, 3.05) is 28.6 Å². The summed E-state index contributed by atoms with van der Waals surface area (Å²) in [5.74, 6) is 0.269. The maximum absolute atomic E-state index is 13.3. The van der Waals surface area contributed by atoms with Crippen molar-refractivity contribution < 1.29 is 28.2 Å². The second kappa shape index (κ2) is 23.2. The third kappa shape index (κ3) is 14.8. The molecule has 1 aromatic carbocycles. The zero-order chi connectivity index (χ0) is 48.1. The third-order valence-electron chi connectivity index (χ3n) is 11.5. The van der Waals surface area contributed by atoms with Gasteiger partial charge in [0.2, 0.25) is 21.8 Å². The summed E-state index contributed by atoms with van der Waals surface area (Å²) >= 11 is 0. The lowest BCUT2D eigenvalue weighted by molar-refractivity contribution is -0.122. The second-order valence-electron chi connectivity index (χ2n) is 17.0. The van der Waals surface area contributed by atoms with Crippen LogP contribution >= 0.6 is 0 Å². The van der Waals surface area contributed by atoms with Gasteiger partial charge >= 0.3 is 0 Å². The third-order valence-corrected chi connectivity index (χ3v) is 12.1. The van der Waals surface area contributed by atoms with Gasteiger partial charge in [0.05, 0.1) is 12.8 Å². The lowest BCUT2D eigenvalue weighted by Crippen LogP contribution is -2.35. The lowest BCUT2D eigenvalue weighted by Gasteiger charge is -2.24. The summed E-state index contributed by atoms with van der Waals surface area (Å²) in [5, 5.41) is 27.2. The number of aliphatic hydroxyl groups is 2. The molecule has 0 unspecified atom stereocenters. The number of nitrogens with two attached hydrogens (primary N) is 1. The molecule has 18 heteroatoms. The number of hydrogen-bond acceptors (Lipinski definition) is 12. The van der Waals surface area contributed by atoms with Crippen LogP contribution in [-0.4, -0.2) is 68.6 Å². The molecule has 0 aliphatic heterocycles. The van der Waals surface area contributed by atoms with Gasteiger partial charge in [-0.2, -0.15) is 0 Å². The number of nitrogens with zero attached hydrogens (tertiary/aromatic N) is 4. The number of pyridine rings is 4. The zero-order valence-electron chi connectivity index (χ0n) is 38.6. The fourth-order valence-electron chi connectivity index (χ4n) is 8.04. The molecule has 6 rings (SSSR count). The van der Waals surface area contributed by atoms with Crippen LogP contribution in [0.1, 0.15) is 88.4 Å². The summed E-state index contributed by atoms with van der Waals surface area (Å²) in [6.45, 7) is 9.18. The van der Waals surface area contributed by atoms with E-state index in [4.69, 9.17) is 5.73 Å². The van der Waals surface area contributed by atoms with Crippen LogP contribution in [-0.2, 0) is 58.6 Å². The topological polar surface area (TPSA) is 253 Å². The van der Waals surface area contributed by atoms with Crippen molar-refractivity contribution in [3.63, 3.8) is 0 Å². The molecule has 2 amide bonds. The van der Waals surface area contributed by atoms with Crippen LogP contribution in [0.5, 0.6) is 0 Å². The number of carbonyl (C=O) groups excluding carboxylic acids is 2. The van der Waals surface area contributed by atoms with E-state index in [1.807, 2.05) is 82.3 Å². The summed E-state index contributed by atoms with van der Waals surface area (Å²) in [6, 6.07) is 20.4. The van der Waals surface area contributed by atoms with Crippen LogP contribution in [0.15, 0.2) is 76.3 Å². The summed E-state index contributed by atoms with van der Waals surface area (Å²) in [7, 11) is -3.70. The highest BCUT2D eigenvalue weighted by molar-refractivity contribution is 7.92. The minimum atomic E-state index is -3.70. The van der Waals surface area contributed by atoms with E-state index in [1.54, 1.807) is 19.1 Å². The molecular weight excluding hydrogens is 863 g/mol. The first-order valence-corrected chi connectivity index (χ1v) is 23.9. The molecule has 0 spiro atoms. The number of carbonyl (C=O) groups is 2. The Morgan fingerprint density at radius 3 is 1.83 bits per heavy atom. The van der Waals surface area contributed by atoms with Crippen molar-refractivity contribution in [2.45, 2.75) is 112 Å². The number of sulfonamides is 1. The molecule has 4 heterocycles. The number of aryl methyl sites for hydroxylation is 5. The lowest BCUT2D eigenvalue weighted by atomic mass is 9.84. The first-order valence-electron chi connectivity index (χ1n) is 22.0. The highest BCUT2D eigenvalue weighted by Crippen LogP contribution is 2.29. The summed E-state index contributed by atoms with van der Waals surface area (Å²) in [4.78, 5) is 60.3. The number of aliphatic hydroxyl groups excluding tert-OH is 1. The molecule has 354 valence electrons. The van der Waals surface area contributed by atoms with Crippen molar-refractivity contribution in [1.29, 1.82) is 0 Å². The summed E-state index contributed by atoms with van der Waals surface area (Å²) < 4.78 is 28.9. The fourth-order valence-corrected chi connectivity index (χ4v) is 8.63. The fraction of sp³-hybridized carbons (Fsp3) is 0.417. The molecule has 66 heavy (non-hydrogen) atoms. The molecule has 1 fully saturated rings. The monoisotopic (exact) mass is 925 g/mol. The van der Waals surface area contributed by atoms with E-state index >= 15 is 0 Å². The number of benzene rings is 1. The Morgan fingerprint density at radius 2 is 1.29 bits per heavy atom. The average molecular weight is 926 g/mol. The van der Waals surface area contributed by atoms with E-state index in [1.165, 1.54) is 28.4 Å². The van der Waals surface area contributed by atoms with E-state index in [9.17, 15) is 37.8 Å². The van der Waals surface area contributed by atoms with E-state index in [-0.39, 0.29) is 55.8 Å². The molecule has 1 saturated carbocycles. The normalized spacial score (nSPS) is 12.9. The molecule has 0 saturated heterocycles. The van der Waals surface area contributed by atoms with Gasteiger partial charge in [-0.25, -0.2) is 13.4 Å². The summed E-state index contributed by atoms with van der Waals surface area (Å²) in [5.41, 5.74) is 12.9. The van der Waals surface area contributed by atoms with Crippen LogP contribution in [0.4, 0.5) is 17.2 Å². The number of nitrogens with one attached hydrogen (secondary N) is 4. The minimum Gasteiger partial charge on any atom is -0.384 e. The van der Waals surface area contributed by atoms with Crippen molar-refractivity contribution in [1.82, 2.24) is 29.7 Å². The first kappa shape index (κ1) is 50.6. The van der Waals surface area contributed by atoms with Crippen molar-refractivity contribution in [3.05, 3.63) is 144 Å². The molecular formula is C48H63N9O8S. The Bertz CT molecular complexity index is 2730. The van der Waals surface area contributed by atoms with Gasteiger partial charge in [-0.05, 0) is 105 Å². The molecule has 4 aromatic heterocycles. The average Bonchev–Trinajstić information content (AvgIpc) is 3.25. The predicted octanol–water partition coefficient (Wildman–Crippen LogP) is 4.05. The quantitative estimate of drug-likeness (QED) is 0.0653. The highest BCUT2D eigenvalue weighted by atomic mass is 32.2. The van der Waals surface area contributed by atoms with Crippen molar-refractivity contribution in [3.8, 4) is 0 Å². The Kier molecular flexibility index (Phi) is 17.8. The van der Waals surface area contributed by atoms with Crippen molar-refractivity contribution >= 4 is 39.0 Å². The zero-order valence-corrected chi connectivity index (χ0v) is 39.4. The van der Waals surface area contributed by atoms with Gasteiger partial charge in [0.25, 0.3) is 11.1 Å². The number of amides is 2. The number of nitrogen functional groups attached to an aromatic ring is 1. The Morgan fingerprint density at radius 1 is 0.742 bits per heavy atom. The van der Waals surface area contributed by atoms with Gasteiger partial charge < -0.3 is 41.0 Å². The van der Waals surface area contributed by atoms with Crippen LogP contribution < -0.4 is 37.5 Å². The number of hydrogen-bond donors (Lipinski definition) is 7. The van der Waals surface area contributed by atoms with E-state index < -0.39 is 21.9 Å². The predicted molar refractivity (Wildman–Crippen MR) is 256 cm³/mol. The Labute approximate surface area is 386 Å². The summed E-state index contributed by atoms with van der Waals surface area (Å²) in [6.07, 6.45) is 6.45. The van der Waals surface area contributed by atoms with E-state index in [0.29, 0.717) is 40.8 Å². The van der Waals surface area contributed by atoms with Gasteiger partial charge in [-0.15, -0.1) is 0 Å². The van der Waals surface area contributed by atoms with Crippen LogP contribution in [0.2, 0.25) is 0 Å². The molecule has 1 aliphatic carbocycles. The van der Waals surface area contributed by atoms with Gasteiger partial charge in [0.1, 0.15) is 30.3 Å². The SMILES string of the molecule is Cc1ccc(CNC(=O)Cn2c(C)cc(Cc3ccccc3)c(NS(C)(=O)=O)c2=O)c(C)n1.Cc1nc(N)ccc1CNC(=O)Cn1c(C)cc(CC2CCCCC2)c(NCC(O)O)c1=O. The molecule has 0 atom stereocenters. The van der Waals surface area contributed by atoms with E-state index in [0.717, 1.165) is 64.9 Å². The van der Waals surface area contributed by atoms with Gasteiger partial charge in [0.15, 0.2) is 6.29 Å². The Balaban J connectivity index is 0.000000247. The smallest absolute Gasteiger partial charge is 0.275 e. The highest BCUT2D eigenvalue weighted by Gasteiger charge is 2.22. The largest absolute Gasteiger partial charge is 0.384 e. The van der Waals surface area contributed by atoms with Crippen LogP contribution in [0.25, 0.3) is 0 Å². The molecule has 1 aliphatic rings. The van der Waals surface area contributed by atoms with Gasteiger partial charge in [0, 0.05) is 41.6 Å². The minimum absolute atomic E-state index is 0.0432. The van der Waals surface area contributed by atoms with E-state index in [2.05, 4.69) is 30.6 Å². The van der Waals surface area contributed by atoms with Gasteiger partial charge in [-0.3, -0.25) is 28.9 Å².